The van der Waals surface area contributed by atoms with Crippen molar-refractivity contribution in [3.05, 3.63) is 82.8 Å². The molecule has 0 bridgehead atoms. The lowest BCUT2D eigenvalue weighted by molar-refractivity contribution is -0.122. The standard InChI is InChI=1S/C27H25NO3S2/c1-2-3-4-7-17-28-25(29)24(33-27(28)32)18-19-13-15-21(16-14-19)31-26(30)23-12-8-10-20-9-5-6-11-22(20)23/h5-6,8-16,18H,2-4,7,17H2,1H3/b24-18+. The van der Waals surface area contributed by atoms with E-state index in [1.54, 1.807) is 23.1 Å². The number of fused-ring (bicyclic) bond motifs is 1. The number of hydrogen-bond acceptors (Lipinski definition) is 5. The number of amides is 1. The number of carbonyl (C=O) groups excluding carboxylic acids is 2. The second-order valence-corrected chi connectivity index (χ2v) is 9.56. The molecule has 1 saturated heterocycles. The molecule has 1 aliphatic heterocycles. The van der Waals surface area contributed by atoms with Crippen LogP contribution < -0.4 is 4.74 Å². The van der Waals surface area contributed by atoms with E-state index in [9.17, 15) is 9.59 Å². The molecule has 0 radical (unpaired) electrons. The van der Waals surface area contributed by atoms with Crippen LogP contribution in [0.25, 0.3) is 16.8 Å². The highest BCUT2D eigenvalue weighted by Gasteiger charge is 2.31. The van der Waals surface area contributed by atoms with Crippen molar-refractivity contribution >= 4 is 57.0 Å². The maximum atomic E-state index is 12.7. The van der Waals surface area contributed by atoms with Gasteiger partial charge in [0.2, 0.25) is 0 Å². The molecule has 4 rings (SSSR count). The minimum absolute atomic E-state index is 0.0343. The van der Waals surface area contributed by atoms with Crippen LogP contribution in [-0.2, 0) is 4.79 Å². The number of thiocarbonyl (C=S) groups is 1. The van der Waals surface area contributed by atoms with Gasteiger partial charge in [-0.05, 0) is 47.0 Å². The fraction of sp³-hybridized carbons (Fsp3) is 0.222. The van der Waals surface area contributed by atoms with Crippen LogP contribution >= 0.6 is 24.0 Å². The lowest BCUT2D eigenvalue weighted by atomic mass is 10.0. The van der Waals surface area contributed by atoms with Crippen LogP contribution in [-0.4, -0.2) is 27.6 Å². The van der Waals surface area contributed by atoms with E-state index in [1.165, 1.54) is 18.2 Å². The van der Waals surface area contributed by atoms with Gasteiger partial charge in [0.05, 0.1) is 10.5 Å². The summed E-state index contributed by atoms with van der Waals surface area (Å²) in [5.74, 6) is 0.0185. The second-order valence-electron chi connectivity index (χ2n) is 7.88. The third kappa shape index (κ3) is 5.52. The summed E-state index contributed by atoms with van der Waals surface area (Å²) < 4.78 is 6.21. The van der Waals surface area contributed by atoms with Gasteiger partial charge in [0.1, 0.15) is 10.1 Å². The van der Waals surface area contributed by atoms with Gasteiger partial charge in [-0.15, -0.1) is 0 Å². The number of esters is 1. The number of benzene rings is 3. The fourth-order valence-electron chi connectivity index (χ4n) is 3.74. The summed E-state index contributed by atoms with van der Waals surface area (Å²) >= 11 is 6.74. The van der Waals surface area contributed by atoms with Crippen LogP contribution in [0, 0.1) is 0 Å². The van der Waals surface area contributed by atoms with E-state index < -0.39 is 5.97 Å². The van der Waals surface area contributed by atoms with Crippen LogP contribution in [0.5, 0.6) is 5.75 Å². The zero-order valence-corrected chi connectivity index (χ0v) is 20.1. The summed E-state index contributed by atoms with van der Waals surface area (Å²) in [5.41, 5.74) is 1.38. The molecule has 0 aromatic heterocycles. The molecule has 6 heteroatoms. The number of hydrogen-bond donors (Lipinski definition) is 0. The van der Waals surface area contributed by atoms with Crippen molar-refractivity contribution in [2.45, 2.75) is 32.6 Å². The number of ether oxygens (including phenoxy) is 1. The Balaban J connectivity index is 1.42. The van der Waals surface area contributed by atoms with E-state index in [-0.39, 0.29) is 5.91 Å². The van der Waals surface area contributed by atoms with Gasteiger partial charge in [0, 0.05) is 6.54 Å². The second kappa shape index (κ2) is 10.8. The van der Waals surface area contributed by atoms with Crippen molar-refractivity contribution in [1.82, 2.24) is 4.90 Å². The zero-order chi connectivity index (χ0) is 23.2. The molecule has 3 aromatic carbocycles. The molecule has 0 aliphatic carbocycles. The predicted molar refractivity (Wildman–Crippen MR) is 139 cm³/mol. The summed E-state index contributed by atoms with van der Waals surface area (Å²) in [4.78, 5) is 27.8. The van der Waals surface area contributed by atoms with Crippen molar-refractivity contribution in [2.75, 3.05) is 6.54 Å². The van der Waals surface area contributed by atoms with Crippen molar-refractivity contribution < 1.29 is 14.3 Å². The largest absolute Gasteiger partial charge is 0.423 e. The van der Waals surface area contributed by atoms with Gasteiger partial charge in [0.15, 0.2) is 0 Å². The lowest BCUT2D eigenvalue weighted by Crippen LogP contribution is -2.28. The summed E-state index contributed by atoms with van der Waals surface area (Å²) in [5, 5.41) is 1.85. The Kier molecular flexibility index (Phi) is 7.57. The number of thioether (sulfide) groups is 1. The average Bonchev–Trinajstić information content (AvgIpc) is 3.09. The molecule has 0 saturated carbocycles. The van der Waals surface area contributed by atoms with Crippen LogP contribution in [0.3, 0.4) is 0 Å². The Bertz CT molecular complexity index is 1210. The molecule has 1 amide bonds. The molecule has 0 atom stereocenters. The smallest absolute Gasteiger partial charge is 0.344 e. The van der Waals surface area contributed by atoms with Crippen molar-refractivity contribution in [1.29, 1.82) is 0 Å². The van der Waals surface area contributed by atoms with E-state index in [4.69, 9.17) is 17.0 Å². The van der Waals surface area contributed by atoms with Gasteiger partial charge in [-0.2, -0.15) is 0 Å². The first-order valence-corrected chi connectivity index (χ1v) is 12.3. The molecular weight excluding hydrogens is 450 g/mol. The van der Waals surface area contributed by atoms with Gasteiger partial charge in [-0.25, -0.2) is 4.79 Å². The molecule has 3 aromatic rings. The Labute approximate surface area is 203 Å². The summed E-state index contributed by atoms with van der Waals surface area (Å²) in [6, 6.07) is 20.4. The van der Waals surface area contributed by atoms with Gasteiger partial charge >= 0.3 is 5.97 Å². The molecule has 1 aliphatic rings. The first kappa shape index (κ1) is 23.2. The van der Waals surface area contributed by atoms with Gasteiger partial charge < -0.3 is 4.74 Å². The minimum Gasteiger partial charge on any atom is -0.423 e. The van der Waals surface area contributed by atoms with Crippen molar-refractivity contribution in [2.24, 2.45) is 0 Å². The van der Waals surface area contributed by atoms with E-state index in [2.05, 4.69) is 6.92 Å². The molecular formula is C27H25NO3S2. The number of carbonyl (C=O) groups is 2. The van der Waals surface area contributed by atoms with Crippen LogP contribution in [0.4, 0.5) is 0 Å². The van der Waals surface area contributed by atoms with E-state index in [1.807, 2.05) is 54.6 Å². The quantitative estimate of drug-likeness (QED) is 0.117. The topological polar surface area (TPSA) is 46.6 Å². The van der Waals surface area contributed by atoms with Crippen molar-refractivity contribution in [3.63, 3.8) is 0 Å². The first-order valence-electron chi connectivity index (χ1n) is 11.1. The maximum absolute atomic E-state index is 12.7. The first-order chi connectivity index (χ1) is 16.1. The molecule has 168 valence electrons. The van der Waals surface area contributed by atoms with Gasteiger partial charge in [0.25, 0.3) is 5.91 Å². The SMILES string of the molecule is CCCCCCN1C(=O)/C(=C\c2ccc(OC(=O)c3cccc4ccccc34)cc2)SC1=S. The van der Waals surface area contributed by atoms with Gasteiger partial charge in [-0.1, -0.05) is 98.7 Å². The normalized spacial score (nSPS) is 14.9. The third-order valence-electron chi connectivity index (χ3n) is 5.51. The van der Waals surface area contributed by atoms with E-state index >= 15 is 0 Å². The molecule has 0 spiro atoms. The maximum Gasteiger partial charge on any atom is 0.344 e. The Morgan fingerprint density at radius 2 is 1.76 bits per heavy atom. The predicted octanol–water partition coefficient (Wildman–Crippen LogP) is 6.84. The molecule has 1 heterocycles. The molecule has 0 N–H and O–H groups in total. The number of nitrogens with zero attached hydrogens (tertiary/aromatic N) is 1. The van der Waals surface area contributed by atoms with E-state index in [0.29, 0.717) is 27.1 Å². The van der Waals surface area contributed by atoms with Crippen LogP contribution in [0.1, 0.15) is 48.5 Å². The molecule has 1 fully saturated rings. The third-order valence-corrected chi connectivity index (χ3v) is 6.88. The van der Waals surface area contributed by atoms with Gasteiger partial charge in [-0.3, -0.25) is 9.69 Å². The van der Waals surface area contributed by atoms with Crippen LogP contribution in [0.2, 0.25) is 0 Å². The summed E-state index contributed by atoms with van der Waals surface area (Å²) in [6.07, 6.45) is 6.23. The Morgan fingerprint density at radius 1 is 1.00 bits per heavy atom. The lowest BCUT2D eigenvalue weighted by Gasteiger charge is -2.13. The molecule has 0 unspecified atom stereocenters. The highest BCUT2D eigenvalue weighted by Crippen LogP contribution is 2.33. The van der Waals surface area contributed by atoms with Crippen LogP contribution in [0.15, 0.2) is 71.6 Å². The Morgan fingerprint density at radius 3 is 2.55 bits per heavy atom. The Hall–Kier alpha value is -2.96. The van der Waals surface area contributed by atoms with Crippen molar-refractivity contribution in [3.8, 4) is 5.75 Å². The summed E-state index contributed by atoms with van der Waals surface area (Å²) in [7, 11) is 0. The number of rotatable bonds is 8. The summed E-state index contributed by atoms with van der Waals surface area (Å²) in [6.45, 7) is 2.84. The molecule has 4 nitrogen and oxygen atoms in total. The zero-order valence-electron chi connectivity index (χ0n) is 18.5. The monoisotopic (exact) mass is 475 g/mol. The fourth-order valence-corrected chi connectivity index (χ4v) is 5.05. The van der Waals surface area contributed by atoms with E-state index in [0.717, 1.165) is 35.6 Å². The highest BCUT2D eigenvalue weighted by atomic mass is 32.2. The highest BCUT2D eigenvalue weighted by molar-refractivity contribution is 8.26. The number of unbranched alkanes of at least 4 members (excludes halogenated alkanes) is 3. The molecule has 33 heavy (non-hydrogen) atoms. The minimum atomic E-state index is -0.400. The average molecular weight is 476 g/mol.